The van der Waals surface area contributed by atoms with E-state index in [0.717, 1.165) is 13.1 Å². The van der Waals surface area contributed by atoms with Crippen molar-refractivity contribution >= 4 is 0 Å². The standard InChI is InChI=1S/C12H29N3/c1-11(2,12(3,4)15(7)8)13-9-10-14(5)6/h13H,9-10H2,1-8H3. The molecule has 0 aliphatic heterocycles. The Labute approximate surface area is 95.8 Å². The number of nitrogens with zero attached hydrogens (tertiary/aromatic N) is 2. The summed E-state index contributed by atoms with van der Waals surface area (Å²) in [6.45, 7) is 11.2. The fraction of sp³-hybridized carbons (Fsp3) is 1.00. The molecule has 0 aromatic rings. The lowest BCUT2D eigenvalue weighted by Crippen LogP contribution is -2.63. The SMILES string of the molecule is CN(C)CCNC(C)(C)C(C)(C)N(C)C. The van der Waals surface area contributed by atoms with Gasteiger partial charge in [-0.3, -0.25) is 0 Å². The maximum absolute atomic E-state index is 3.63. The van der Waals surface area contributed by atoms with E-state index < -0.39 is 0 Å². The number of hydrogen-bond acceptors (Lipinski definition) is 3. The molecule has 0 aromatic heterocycles. The summed E-state index contributed by atoms with van der Waals surface area (Å²) >= 11 is 0. The predicted octanol–water partition coefficient (Wildman–Crippen LogP) is 1.26. The molecule has 1 N–H and O–H groups in total. The lowest BCUT2D eigenvalue weighted by atomic mass is 9.81. The van der Waals surface area contributed by atoms with Gasteiger partial charge in [0.05, 0.1) is 0 Å². The van der Waals surface area contributed by atoms with Crippen LogP contribution in [-0.4, -0.2) is 62.2 Å². The molecular formula is C12H29N3. The van der Waals surface area contributed by atoms with E-state index >= 15 is 0 Å². The van der Waals surface area contributed by atoms with Crippen molar-refractivity contribution < 1.29 is 0 Å². The molecule has 15 heavy (non-hydrogen) atoms. The molecule has 3 heteroatoms. The van der Waals surface area contributed by atoms with Crippen LogP contribution in [0.3, 0.4) is 0 Å². The van der Waals surface area contributed by atoms with Crippen molar-refractivity contribution in [3.8, 4) is 0 Å². The predicted molar refractivity (Wildman–Crippen MR) is 68.4 cm³/mol. The van der Waals surface area contributed by atoms with Crippen LogP contribution in [0.25, 0.3) is 0 Å². The van der Waals surface area contributed by atoms with Gasteiger partial charge in [0, 0.05) is 24.2 Å². The first-order valence-electron chi connectivity index (χ1n) is 5.68. The van der Waals surface area contributed by atoms with Crippen LogP contribution in [0.4, 0.5) is 0 Å². The van der Waals surface area contributed by atoms with Crippen molar-refractivity contribution in [3.05, 3.63) is 0 Å². The number of hydrogen-bond donors (Lipinski definition) is 1. The summed E-state index contributed by atoms with van der Waals surface area (Å²) in [5.74, 6) is 0. The van der Waals surface area contributed by atoms with Gasteiger partial charge in [-0.15, -0.1) is 0 Å². The first kappa shape index (κ1) is 14.9. The van der Waals surface area contributed by atoms with Gasteiger partial charge >= 0.3 is 0 Å². The Balaban J connectivity index is 4.28. The average molecular weight is 215 g/mol. The number of nitrogens with one attached hydrogen (secondary N) is 1. The van der Waals surface area contributed by atoms with Crippen LogP contribution in [0.2, 0.25) is 0 Å². The highest BCUT2D eigenvalue weighted by atomic mass is 15.2. The van der Waals surface area contributed by atoms with Gasteiger partial charge in [-0.05, 0) is 55.9 Å². The maximum Gasteiger partial charge on any atom is 0.0323 e. The van der Waals surface area contributed by atoms with Crippen LogP contribution < -0.4 is 5.32 Å². The highest BCUT2D eigenvalue weighted by Gasteiger charge is 2.37. The third kappa shape index (κ3) is 4.09. The van der Waals surface area contributed by atoms with Gasteiger partial charge in [0.15, 0.2) is 0 Å². The second-order valence-corrected chi connectivity index (χ2v) is 5.81. The van der Waals surface area contributed by atoms with Crippen molar-refractivity contribution in [1.29, 1.82) is 0 Å². The van der Waals surface area contributed by atoms with Gasteiger partial charge < -0.3 is 15.1 Å². The van der Waals surface area contributed by atoms with E-state index in [-0.39, 0.29) is 11.1 Å². The number of likely N-dealkylation sites (N-methyl/N-ethyl adjacent to an activating group) is 2. The first-order valence-corrected chi connectivity index (χ1v) is 5.68. The van der Waals surface area contributed by atoms with E-state index in [2.05, 4.69) is 71.0 Å². The van der Waals surface area contributed by atoms with Gasteiger partial charge in [0.1, 0.15) is 0 Å². The molecule has 0 aromatic carbocycles. The van der Waals surface area contributed by atoms with Gasteiger partial charge in [-0.25, -0.2) is 0 Å². The Morgan fingerprint density at radius 2 is 1.40 bits per heavy atom. The van der Waals surface area contributed by atoms with Gasteiger partial charge in [-0.1, -0.05) is 0 Å². The minimum absolute atomic E-state index is 0.104. The summed E-state index contributed by atoms with van der Waals surface area (Å²) < 4.78 is 0. The second-order valence-electron chi connectivity index (χ2n) is 5.81. The smallest absolute Gasteiger partial charge is 0.0323 e. The molecule has 0 unspecified atom stereocenters. The molecule has 0 rings (SSSR count). The molecule has 0 amide bonds. The zero-order valence-corrected chi connectivity index (χ0v) is 11.8. The van der Waals surface area contributed by atoms with Crippen LogP contribution in [0.1, 0.15) is 27.7 Å². The zero-order valence-electron chi connectivity index (χ0n) is 11.8. The molecule has 0 aliphatic carbocycles. The highest BCUT2D eigenvalue weighted by molar-refractivity contribution is 4.99. The summed E-state index contributed by atoms with van der Waals surface area (Å²) in [4.78, 5) is 4.47. The van der Waals surface area contributed by atoms with Gasteiger partial charge in [0.25, 0.3) is 0 Å². The molecule has 0 bridgehead atoms. The maximum atomic E-state index is 3.63. The summed E-state index contributed by atoms with van der Waals surface area (Å²) in [6, 6.07) is 0. The Hall–Kier alpha value is -0.120. The Morgan fingerprint density at radius 3 is 1.73 bits per heavy atom. The van der Waals surface area contributed by atoms with E-state index in [4.69, 9.17) is 0 Å². The molecule has 0 heterocycles. The topological polar surface area (TPSA) is 18.5 Å². The van der Waals surface area contributed by atoms with E-state index in [0.29, 0.717) is 0 Å². The third-order valence-corrected chi connectivity index (χ3v) is 3.77. The molecule has 0 saturated carbocycles. The fourth-order valence-corrected chi connectivity index (χ4v) is 1.37. The van der Waals surface area contributed by atoms with E-state index in [9.17, 15) is 0 Å². The lowest BCUT2D eigenvalue weighted by molar-refractivity contribution is 0.0830. The molecule has 0 aliphatic rings. The third-order valence-electron chi connectivity index (χ3n) is 3.77. The van der Waals surface area contributed by atoms with Crippen molar-refractivity contribution in [2.45, 2.75) is 38.8 Å². The summed E-state index contributed by atoms with van der Waals surface area (Å²) in [5.41, 5.74) is 0.242. The second kappa shape index (κ2) is 5.28. The normalized spacial score (nSPS) is 14.0. The van der Waals surface area contributed by atoms with E-state index in [1.54, 1.807) is 0 Å². The largest absolute Gasteiger partial charge is 0.309 e. The Bertz CT molecular complexity index is 183. The van der Waals surface area contributed by atoms with Gasteiger partial charge in [-0.2, -0.15) is 0 Å². The molecular weight excluding hydrogens is 186 g/mol. The Kier molecular flexibility index (Phi) is 5.24. The van der Waals surface area contributed by atoms with E-state index in [1.807, 2.05) is 0 Å². The van der Waals surface area contributed by atoms with Crippen molar-refractivity contribution in [3.63, 3.8) is 0 Å². The zero-order chi connectivity index (χ0) is 12.3. The minimum atomic E-state index is 0.104. The highest BCUT2D eigenvalue weighted by Crippen LogP contribution is 2.25. The fourth-order valence-electron chi connectivity index (χ4n) is 1.37. The lowest BCUT2D eigenvalue weighted by Gasteiger charge is -2.47. The molecule has 0 radical (unpaired) electrons. The van der Waals surface area contributed by atoms with Crippen LogP contribution in [0, 0.1) is 0 Å². The summed E-state index contributed by atoms with van der Waals surface area (Å²) in [5, 5.41) is 3.63. The quantitative estimate of drug-likeness (QED) is 0.719. The molecule has 92 valence electrons. The first-order chi connectivity index (χ1) is 6.61. The van der Waals surface area contributed by atoms with Crippen LogP contribution in [0.15, 0.2) is 0 Å². The molecule has 0 spiro atoms. The minimum Gasteiger partial charge on any atom is -0.309 e. The molecule has 0 fully saturated rings. The van der Waals surface area contributed by atoms with Crippen LogP contribution in [0.5, 0.6) is 0 Å². The van der Waals surface area contributed by atoms with E-state index in [1.165, 1.54) is 0 Å². The van der Waals surface area contributed by atoms with Crippen LogP contribution in [-0.2, 0) is 0 Å². The van der Waals surface area contributed by atoms with Crippen LogP contribution >= 0.6 is 0 Å². The summed E-state index contributed by atoms with van der Waals surface area (Å²) in [6.07, 6.45) is 0. The molecule has 0 saturated heterocycles. The number of rotatable bonds is 6. The van der Waals surface area contributed by atoms with Crippen molar-refractivity contribution in [2.75, 3.05) is 41.3 Å². The molecule has 3 nitrogen and oxygen atoms in total. The summed E-state index contributed by atoms with van der Waals surface area (Å²) in [7, 11) is 8.47. The van der Waals surface area contributed by atoms with Crippen molar-refractivity contribution in [1.82, 2.24) is 15.1 Å². The Morgan fingerprint density at radius 1 is 0.933 bits per heavy atom. The molecule has 0 atom stereocenters. The van der Waals surface area contributed by atoms with Crippen molar-refractivity contribution in [2.24, 2.45) is 0 Å². The monoisotopic (exact) mass is 215 g/mol. The van der Waals surface area contributed by atoms with Gasteiger partial charge in [0.2, 0.25) is 0 Å². The average Bonchev–Trinajstić information content (AvgIpc) is 2.02.